The van der Waals surface area contributed by atoms with Crippen molar-refractivity contribution in [3.05, 3.63) is 0 Å². The molecule has 13 heavy (non-hydrogen) atoms. The molecule has 6 nitrogen and oxygen atoms in total. The summed E-state index contributed by atoms with van der Waals surface area (Å²) < 4.78 is -0.359. The molecule has 0 saturated carbocycles. The number of carbonyl (C=O) groups is 2. The molecule has 0 radical (unpaired) electrons. The Morgan fingerprint density at radius 2 is 2.23 bits per heavy atom. The lowest BCUT2D eigenvalue weighted by atomic mass is 10.3. The van der Waals surface area contributed by atoms with Crippen LogP contribution < -0.4 is 16.0 Å². The summed E-state index contributed by atoms with van der Waals surface area (Å²) >= 11 is 1.92. The van der Waals surface area contributed by atoms with E-state index in [-0.39, 0.29) is 16.4 Å². The van der Waals surface area contributed by atoms with Crippen molar-refractivity contribution in [3.63, 3.8) is 0 Å². The van der Waals surface area contributed by atoms with Gasteiger partial charge in [0.25, 0.3) is 0 Å². The van der Waals surface area contributed by atoms with Crippen molar-refractivity contribution in [1.82, 2.24) is 16.0 Å². The number of halogens is 1. The minimum atomic E-state index is -0.506. The lowest BCUT2D eigenvalue weighted by Gasteiger charge is -2.28. The lowest BCUT2D eigenvalue weighted by Crippen LogP contribution is -2.64. The maximum Gasteiger partial charge on any atom is 0.322 e. The van der Waals surface area contributed by atoms with Gasteiger partial charge in [-0.3, -0.25) is 15.4 Å². The van der Waals surface area contributed by atoms with Gasteiger partial charge in [-0.2, -0.15) is 0 Å². The van der Waals surface area contributed by atoms with E-state index in [9.17, 15) is 9.59 Å². The number of nitrogens with one attached hydrogen (secondary N) is 3. The van der Waals surface area contributed by atoms with Crippen LogP contribution in [0.4, 0.5) is 4.79 Å². The largest absolute Gasteiger partial charge is 0.395 e. The minimum Gasteiger partial charge on any atom is -0.395 e. The van der Waals surface area contributed by atoms with Crippen molar-refractivity contribution in [2.75, 3.05) is 13.2 Å². The summed E-state index contributed by atoms with van der Waals surface area (Å²) in [5.74, 6) is -0.320. The molecule has 1 saturated heterocycles. The number of imide groups is 1. The first kappa shape index (κ1) is 10.7. The fourth-order valence-corrected chi connectivity index (χ4v) is 1.55. The Bertz CT molecular complexity index is 223. The average Bonchev–Trinajstić information content (AvgIpc) is 2.09. The normalized spacial score (nSPS) is 28.2. The van der Waals surface area contributed by atoms with Gasteiger partial charge in [-0.1, -0.05) is 22.6 Å². The Balaban J connectivity index is 2.50. The Hall–Kier alpha value is -0.410. The highest BCUT2D eigenvalue weighted by Gasteiger charge is 2.32. The van der Waals surface area contributed by atoms with Crippen LogP contribution in [0, 0.1) is 0 Å². The smallest absolute Gasteiger partial charge is 0.322 e. The molecule has 1 heterocycles. The second-order valence-corrected chi connectivity index (χ2v) is 3.86. The summed E-state index contributed by atoms with van der Waals surface area (Å²) in [5, 5.41) is 16.0. The molecule has 0 aromatic rings. The maximum atomic E-state index is 11.1. The standard InChI is InChI=1S/C6H10IN3O3/c7-3-4(8-1-2-11)9-6(13)10-5(3)12/h3-4,8,11H,1-2H2,(H2,9,10,12,13). The van der Waals surface area contributed by atoms with E-state index < -0.39 is 12.2 Å². The van der Waals surface area contributed by atoms with Gasteiger partial charge in [0.1, 0.15) is 10.1 Å². The first-order valence-corrected chi connectivity index (χ1v) is 4.99. The van der Waals surface area contributed by atoms with E-state index in [2.05, 4.69) is 16.0 Å². The predicted octanol–water partition coefficient (Wildman–Crippen LogP) is -1.46. The molecule has 1 fully saturated rings. The quantitative estimate of drug-likeness (QED) is 0.379. The maximum absolute atomic E-state index is 11.1. The Labute approximate surface area is 88.6 Å². The number of amides is 3. The summed E-state index contributed by atoms with van der Waals surface area (Å²) in [6, 6.07) is -0.506. The molecule has 74 valence electrons. The highest BCUT2D eigenvalue weighted by atomic mass is 127. The Morgan fingerprint density at radius 3 is 2.85 bits per heavy atom. The van der Waals surface area contributed by atoms with E-state index in [0.717, 1.165) is 0 Å². The van der Waals surface area contributed by atoms with Gasteiger partial charge in [0.2, 0.25) is 5.91 Å². The van der Waals surface area contributed by atoms with Gasteiger partial charge in [0.15, 0.2) is 0 Å². The molecule has 1 aliphatic heterocycles. The topological polar surface area (TPSA) is 90.5 Å². The van der Waals surface area contributed by atoms with Crippen LogP contribution in [-0.4, -0.2) is 40.3 Å². The van der Waals surface area contributed by atoms with E-state index >= 15 is 0 Å². The summed E-state index contributed by atoms with van der Waals surface area (Å²) in [5.41, 5.74) is 0. The van der Waals surface area contributed by atoms with E-state index in [4.69, 9.17) is 5.11 Å². The van der Waals surface area contributed by atoms with Gasteiger partial charge in [0.05, 0.1) is 6.61 Å². The predicted molar refractivity (Wildman–Crippen MR) is 53.4 cm³/mol. The molecule has 2 unspecified atom stereocenters. The monoisotopic (exact) mass is 299 g/mol. The molecule has 3 amide bonds. The third-order valence-corrected chi connectivity index (χ3v) is 2.83. The van der Waals surface area contributed by atoms with Crippen LogP contribution in [0.15, 0.2) is 0 Å². The number of aliphatic hydroxyl groups excluding tert-OH is 1. The molecule has 1 rings (SSSR count). The molecule has 4 N–H and O–H groups in total. The molecular formula is C6H10IN3O3. The van der Waals surface area contributed by atoms with Crippen molar-refractivity contribution in [1.29, 1.82) is 0 Å². The molecule has 0 aromatic heterocycles. The van der Waals surface area contributed by atoms with Crippen molar-refractivity contribution in [3.8, 4) is 0 Å². The number of hydrogen-bond donors (Lipinski definition) is 4. The van der Waals surface area contributed by atoms with Crippen LogP contribution in [0.5, 0.6) is 0 Å². The molecule has 7 heteroatoms. The van der Waals surface area contributed by atoms with Gasteiger partial charge >= 0.3 is 6.03 Å². The second kappa shape index (κ2) is 4.72. The lowest BCUT2D eigenvalue weighted by molar-refractivity contribution is -0.120. The van der Waals surface area contributed by atoms with Crippen LogP contribution >= 0.6 is 22.6 Å². The molecule has 0 spiro atoms. The van der Waals surface area contributed by atoms with Gasteiger partial charge in [0, 0.05) is 6.54 Å². The molecule has 0 aromatic carbocycles. The van der Waals surface area contributed by atoms with E-state index in [1.54, 1.807) is 0 Å². The number of aliphatic hydroxyl groups is 1. The van der Waals surface area contributed by atoms with Gasteiger partial charge in [-0.15, -0.1) is 0 Å². The van der Waals surface area contributed by atoms with Gasteiger partial charge in [-0.25, -0.2) is 4.79 Å². The average molecular weight is 299 g/mol. The number of hydrogen-bond acceptors (Lipinski definition) is 4. The zero-order valence-electron chi connectivity index (χ0n) is 6.71. The first-order chi connectivity index (χ1) is 6.15. The van der Waals surface area contributed by atoms with E-state index in [1.165, 1.54) is 0 Å². The van der Waals surface area contributed by atoms with Crippen LogP contribution in [0.1, 0.15) is 0 Å². The van der Waals surface area contributed by atoms with E-state index in [1.807, 2.05) is 22.6 Å². The van der Waals surface area contributed by atoms with Crippen LogP contribution in [0.3, 0.4) is 0 Å². The van der Waals surface area contributed by atoms with Crippen molar-refractivity contribution in [2.45, 2.75) is 10.1 Å². The second-order valence-electron chi connectivity index (χ2n) is 2.52. The zero-order valence-corrected chi connectivity index (χ0v) is 8.87. The highest BCUT2D eigenvalue weighted by Crippen LogP contribution is 2.07. The minimum absolute atomic E-state index is 0.0304. The summed E-state index contributed by atoms with van der Waals surface area (Å²) in [7, 11) is 0. The third-order valence-electron chi connectivity index (χ3n) is 1.54. The highest BCUT2D eigenvalue weighted by molar-refractivity contribution is 14.1. The summed E-state index contributed by atoms with van der Waals surface area (Å²) in [6.45, 7) is 0.315. The Kier molecular flexibility index (Phi) is 3.88. The fraction of sp³-hybridized carbons (Fsp3) is 0.667. The first-order valence-electron chi connectivity index (χ1n) is 3.75. The molecular weight excluding hydrogens is 289 g/mol. The van der Waals surface area contributed by atoms with Gasteiger partial charge < -0.3 is 10.4 Å². The van der Waals surface area contributed by atoms with E-state index in [0.29, 0.717) is 6.54 Å². The SMILES string of the molecule is O=C1NC(=O)C(I)C(NCCO)N1. The number of rotatable bonds is 3. The Morgan fingerprint density at radius 1 is 1.54 bits per heavy atom. The number of urea groups is 1. The summed E-state index contributed by atoms with van der Waals surface area (Å²) in [6.07, 6.45) is -0.408. The number of carbonyl (C=O) groups excluding carboxylic acids is 2. The van der Waals surface area contributed by atoms with Crippen LogP contribution in [0.2, 0.25) is 0 Å². The third kappa shape index (κ3) is 2.78. The van der Waals surface area contributed by atoms with Crippen molar-refractivity contribution in [2.24, 2.45) is 0 Å². The summed E-state index contributed by atoms with van der Waals surface area (Å²) in [4.78, 5) is 21.9. The van der Waals surface area contributed by atoms with Gasteiger partial charge in [-0.05, 0) is 0 Å². The van der Waals surface area contributed by atoms with Crippen LogP contribution in [-0.2, 0) is 4.79 Å². The van der Waals surface area contributed by atoms with Crippen molar-refractivity contribution < 1.29 is 14.7 Å². The number of alkyl halides is 1. The molecule has 2 atom stereocenters. The molecule has 0 aliphatic carbocycles. The van der Waals surface area contributed by atoms with Crippen molar-refractivity contribution >= 4 is 34.5 Å². The molecule has 0 bridgehead atoms. The molecule has 1 aliphatic rings. The van der Waals surface area contributed by atoms with Crippen LogP contribution in [0.25, 0.3) is 0 Å². The zero-order chi connectivity index (χ0) is 9.84. The fourth-order valence-electron chi connectivity index (χ4n) is 0.957.